The van der Waals surface area contributed by atoms with Gasteiger partial charge in [-0.3, -0.25) is 14.6 Å². The molecule has 0 atom stereocenters. The van der Waals surface area contributed by atoms with E-state index >= 15 is 0 Å². The average Bonchev–Trinajstić information content (AvgIpc) is 2.88. The molecule has 0 saturated carbocycles. The molecule has 0 aliphatic heterocycles. The number of carbonyl (C=O) groups is 2. The van der Waals surface area contributed by atoms with Crippen LogP contribution in [0.2, 0.25) is 0 Å². The van der Waals surface area contributed by atoms with Gasteiger partial charge in [-0.25, -0.2) is 0 Å². The highest BCUT2D eigenvalue weighted by Crippen LogP contribution is 2.36. The third kappa shape index (κ3) is 6.05. The molecule has 2 N–H and O–H groups in total. The molecule has 0 radical (unpaired) electrons. The zero-order valence-electron chi connectivity index (χ0n) is 19.4. The molecule has 4 rings (SSSR count). The summed E-state index contributed by atoms with van der Waals surface area (Å²) in [6.07, 6.45) is 1.39. The van der Waals surface area contributed by atoms with Gasteiger partial charge in [0.25, 0.3) is 0 Å². The van der Waals surface area contributed by atoms with E-state index in [-0.39, 0.29) is 12.3 Å². The molecule has 0 aliphatic rings. The first-order valence-corrected chi connectivity index (χ1v) is 10.9. The predicted octanol–water partition coefficient (Wildman–Crippen LogP) is 4.69. The number of rotatable bonds is 9. The fourth-order valence-electron chi connectivity index (χ4n) is 3.48. The topological polar surface area (TPSA) is 98.8 Å². The molecule has 0 fully saturated rings. The molecule has 8 heteroatoms. The van der Waals surface area contributed by atoms with Crippen molar-refractivity contribution in [3.8, 4) is 23.0 Å². The lowest BCUT2D eigenvalue weighted by Gasteiger charge is -2.12. The number of hydrogen-bond donors (Lipinski definition) is 2. The van der Waals surface area contributed by atoms with Crippen LogP contribution < -0.4 is 24.8 Å². The smallest absolute Gasteiger partial charge is 0.233 e. The van der Waals surface area contributed by atoms with Crippen molar-refractivity contribution in [2.24, 2.45) is 0 Å². The van der Waals surface area contributed by atoms with Gasteiger partial charge in [0.15, 0.2) is 11.5 Å². The lowest BCUT2D eigenvalue weighted by molar-refractivity contribution is -0.126. The van der Waals surface area contributed by atoms with Crippen LogP contribution in [0.3, 0.4) is 0 Å². The third-order valence-electron chi connectivity index (χ3n) is 5.23. The van der Waals surface area contributed by atoms with Crippen LogP contribution in [0.15, 0.2) is 79.0 Å². The third-order valence-corrected chi connectivity index (χ3v) is 5.23. The van der Waals surface area contributed by atoms with Gasteiger partial charge in [0.05, 0.1) is 19.7 Å². The second-order valence-corrected chi connectivity index (χ2v) is 7.65. The first-order chi connectivity index (χ1) is 17.1. The number of carbonyl (C=O) groups excluding carboxylic acids is 2. The lowest BCUT2D eigenvalue weighted by Crippen LogP contribution is -2.27. The minimum atomic E-state index is -0.398. The molecule has 4 aromatic rings. The van der Waals surface area contributed by atoms with E-state index in [1.807, 2.05) is 36.4 Å². The van der Waals surface area contributed by atoms with Crippen molar-refractivity contribution in [1.29, 1.82) is 0 Å². The molecule has 35 heavy (non-hydrogen) atoms. The van der Waals surface area contributed by atoms with E-state index in [9.17, 15) is 9.59 Å². The number of nitrogens with one attached hydrogen (secondary N) is 2. The lowest BCUT2D eigenvalue weighted by atomic mass is 10.2. The number of methoxy groups -OCH3 is 2. The van der Waals surface area contributed by atoms with E-state index in [2.05, 4.69) is 15.6 Å². The number of benzene rings is 3. The van der Waals surface area contributed by atoms with Crippen LogP contribution in [0.5, 0.6) is 23.0 Å². The summed E-state index contributed by atoms with van der Waals surface area (Å²) in [6, 6.07) is 21.8. The maximum absolute atomic E-state index is 12.2. The van der Waals surface area contributed by atoms with E-state index in [0.29, 0.717) is 40.7 Å². The molecule has 8 nitrogen and oxygen atoms in total. The Balaban J connectivity index is 1.36. The van der Waals surface area contributed by atoms with Crippen LogP contribution in [0, 0.1) is 0 Å². The van der Waals surface area contributed by atoms with Gasteiger partial charge in [-0.05, 0) is 42.0 Å². The van der Waals surface area contributed by atoms with Crippen molar-refractivity contribution in [3.63, 3.8) is 0 Å². The van der Waals surface area contributed by atoms with E-state index < -0.39 is 5.91 Å². The molecule has 2 amide bonds. The van der Waals surface area contributed by atoms with E-state index in [1.165, 1.54) is 0 Å². The molecule has 0 unspecified atom stereocenters. The Bertz CT molecular complexity index is 1320. The van der Waals surface area contributed by atoms with Crippen molar-refractivity contribution in [3.05, 3.63) is 84.6 Å². The number of aromatic nitrogens is 1. The number of nitrogens with zero attached hydrogens (tertiary/aromatic N) is 1. The highest BCUT2D eigenvalue weighted by molar-refractivity contribution is 6.03. The number of anilines is 1. The summed E-state index contributed by atoms with van der Waals surface area (Å²) >= 11 is 0. The summed E-state index contributed by atoms with van der Waals surface area (Å²) in [5.74, 6) is 1.59. The van der Waals surface area contributed by atoms with Gasteiger partial charge in [0.1, 0.15) is 17.9 Å². The summed E-state index contributed by atoms with van der Waals surface area (Å²) < 4.78 is 16.8. The summed E-state index contributed by atoms with van der Waals surface area (Å²) in [5.41, 5.74) is 2.23. The minimum Gasteiger partial charge on any atom is -0.493 e. The van der Waals surface area contributed by atoms with Crippen LogP contribution in [0.4, 0.5) is 5.69 Å². The Hall–Kier alpha value is -4.59. The zero-order valence-corrected chi connectivity index (χ0v) is 19.4. The van der Waals surface area contributed by atoms with Crippen molar-refractivity contribution in [2.75, 3.05) is 19.5 Å². The Labute approximate surface area is 202 Å². The average molecular weight is 472 g/mol. The number of amides is 2. The van der Waals surface area contributed by atoms with Crippen LogP contribution in [-0.2, 0) is 16.1 Å². The van der Waals surface area contributed by atoms with Gasteiger partial charge < -0.3 is 24.8 Å². The highest BCUT2D eigenvalue weighted by Gasteiger charge is 2.12. The maximum Gasteiger partial charge on any atom is 0.233 e. The van der Waals surface area contributed by atoms with Crippen molar-refractivity contribution < 1.29 is 23.8 Å². The maximum atomic E-state index is 12.2. The normalized spacial score (nSPS) is 10.5. The number of hydrogen-bond acceptors (Lipinski definition) is 6. The molecular weight excluding hydrogens is 446 g/mol. The van der Waals surface area contributed by atoms with Crippen LogP contribution in [0.1, 0.15) is 12.0 Å². The first kappa shape index (κ1) is 23.6. The minimum absolute atomic E-state index is 0.264. The zero-order chi connectivity index (χ0) is 24.6. The van der Waals surface area contributed by atoms with Gasteiger partial charge in [0.2, 0.25) is 11.8 Å². The van der Waals surface area contributed by atoms with Crippen LogP contribution >= 0.6 is 0 Å². The molecular formula is C27H25N3O5. The van der Waals surface area contributed by atoms with Gasteiger partial charge in [-0.1, -0.05) is 30.3 Å². The van der Waals surface area contributed by atoms with E-state index in [1.54, 1.807) is 56.8 Å². The van der Waals surface area contributed by atoms with Gasteiger partial charge in [-0.2, -0.15) is 0 Å². The monoisotopic (exact) mass is 471 g/mol. The molecule has 1 aromatic heterocycles. The Morgan fingerprint density at radius 2 is 1.54 bits per heavy atom. The second-order valence-electron chi connectivity index (χ2n) is 7.65. The Kier molecular flexibility index (Phi) is 7.42. The Morgan fingerprint density at radius 3 is 2.26 bits per heavy atom. The highest BCUT2D eigenvalue weighted by atomic mass is 16.5. The second kappa shape index (κ2) is 11.0. The molecule has 1 heterocycles. The van der Waals surface area contributed by atoms with Crippen LogP contribution in [0.25, 0.3) is 10.9 Å². The van der Waals surface area contributed by atoms with Crippen molar-refractivity contribution >= 4 is 28.4 Å². The van der Waals surface area contributed by atoms with E-state index in [4.69, 9.17) is 14.2 Å². The first-order valence-electron chi connectivity index (χ1n) is 10.9. The number of pyridine rings is 1. The molecule has 0 bridgehead atoms. The van der Waals surface area contributed by atoms with Gasteiger partial charge in [0, 0.05) is 29.9 Å². The predicted molar refractivity (Wildman–Crippen MR) is 133 cm³/mol. The van der Waals surface area contributed by atoms with E-state index in [0.717, 1.165) is 10.9 Å². The molecule has 0 spiro atoms. The largest absolute Gasteiger partial charge is 0.493 e. The Morgan fingerprint density at radius 1 is 0.829 bits per heavy atom. The van der Waals surface area contributed by atoms with Gasteiger partial charge >= 0.3 is 0 Å². The van der Waals surface area contributed by atoms with Crippen molar-refractivity contribution in [2.45, 2.75) is 13.0 Å². The molecule has 178 valence electrons. The summed E-state index contributed by atoms with van der Waals surface area (Å²) in [4.78, 5) is 28.7. The molecule has 3 aromatic carbocycles. The SMILES string of the molecule is COc1cc2nccc(Oc3ccc(NC(=O)CC(=O)NCc4ccccc4)cc3)c2cc1OC. The quantitative estimate of drug-likeness (QED) is 0.344. The number of ether oxygens (including phenoxy) is 3. The summed E-state index contributed by atoms with van der Waals surface area (Å²) in [6.45, 7) is 0.376. The van der Waals surface area contributed by atoms with Crippen LogP contribution in [-0.4, -0.2) is 31.0 Å². The van der Waals surface area contributed by atoms with Gasteiger partial charge in [-0.15, -0.1) is 0 Å². The standard InChI is InChI=1S/C27H25N3O5/c1-33-24-14-21-22(15-25(24)34-2)28-13-12-23(21)35-20-10-8-19(9-11-20)30-27(32)16-26(31)29-17-18-6-4-3-5-7-18/h3-15H,16-17H2,1-2H3,(H,29,31)(H,30,32). The van der Waals surface area contributed by atoms with Crippen molar-refractivity contribution in [1.82, 2.24) is 10.3 Å². The fraction of sp³-hybridized carbons (Fsp3) is 0.148. The summed E-state index contributed by atoms with van der Waals surface area (Å²) in [7, 11) is 3.14. The summed E-state index contributed by atoms with van der Waals surface area (Å²) in [5, 5.41) is 6.23. The molecule has 0 saturated heterocycles. The molecule has 0 aliphatic carbocycles. The fourth-order valence-corrected chi connectivity index (χ4v) is 3.48. The number of fused-ring (bicyclic) bond motifs is 1.